The second-order valence-corrected chi connectivity index (χ2v) is 4.25. The summed E-state index contributed by atoms with van der Waals surface area (Å²) in [6.45, 7) is 3.55. The highest BCUT2D eigenvalue weighted by atomic mass is 35.5. The van der Waals surface area contributed by atoms with Crippen LogP contribution in [0.25, 0.3) is 0 Å². The van der Waals surface area contributed by atoms with E-state index in [1.54, 1.807) is 12.1 Å². The van der Waals surface area contributed by atoms with Crippen molar-refractivity contribution >= 4 is 23.2 Å². The molecule has 84 valence electrons. The maximum absolute atomic E-state index is 6.09. The first-order valence-electron chi connectivity index (χ1n) is 5.07. The summed E-state index contributed by atoms with van der Waals surface area (Å²) in [5.41, 5.74) is 6.67. The van der Waals surface area contributed by atoms with Crippen LogP contribution in [0.2, 0.25) is 10.0 Å². The molecule has 0 spiro atoms. The molecule has 2 nitrogen and oxygen atoms in total. The average molecular weight is 247 g/mol. The van der Waals surface area contributed by atoms with E-state index in [-0.39, 0.29) is 6.04 Å². The fourth-order valence-corrected chi connectivity index (χ4v) is 1.85. The molecule has 1 aromatic rings. The Bertz CT molecular complexity index is 315. The van der Waals surface area contributed by atoms with E-state index in [0.29, 0.717) is 16.6 Å². The van der Waals surface area contributed by atoms with Gasteiger partial charge in [0.1, 0.15) is 0 Å². The van der Waals surface area contributed by atoms with Gasteiger partial charge >= 0.3 is 0 Å². The fraction of sp³-hybridized carbons (Fsp3) is 0.455. The van der Waals surface area contributed by atoms with Crippen molar-refractivity contribution in [2.45, 2.75) is 19.4 Å². The average Bonchev–Trinajstić information content (AvgIpc) is 2.24. The molecule has 1 unspecified atom stereocenters. The minimum atomic E-state index is 0.0798. The lowest BCUT2D eigenvalue weighted by atomic mass is 10.1. The van der Waals surface area contributed by atoms with E-state index in [1.165, 1.54) is 0 Å². The SMILES string of the molecule is CCCNC(CN)c1cc(Cl)ccc1Cl. The Morgan fingerprint density at radius 1 is 1.40 bits per heavy atom. The van der Waals surface area contributed by atoms with Gasteiger partial charge in [-0.1, -0.05) is 30.1 Å². The van der Waals surface area contributed by atoms with Crippen LogP contribution in [0.15, 0.2) is 18.2 Å². The van der Waals surface area contributed by atoms with Crippen LogP contribution in [0.4, 0.5) is 0 Å². The fourth-order valence-electron chi connectivity index (χ4n) is 1.42. The molecule has 0 saturated carbocycles. The molecule has 3 N–H and O–H groups in total. The van der Waals surface area contributed by atoms with Gasteiger partial charge in [-0.2, -0.15) is 0 Å². The highest BCUT2D eigenvalue weighted by Crippen LogP contribution is 2.25. The van der Waals surface area contributed by atoms with Gasteiger partial charge in [-0.05, 0) is 36.7 Å². The van der Waals surface area contributed by atoms with Crippen LogP contribution in [0.5, 0.6) is 0 Å². The van der Waals surface area contributed by atoms with Gasteiger partial charge in [0.15, 0.2) is 0 Å². The summed E-state index contributed by atoms with van der Waals surface area (Å²) in [4.78, 5) is 0. The van der Waals surface area contributed by atoms with Gasteiger partial charge in [0.25, 0.3) is 0 Å². The van der Waals surface area contributed by atoms with Crippen molar-refractivity contribution in [2.75, 3.05) is 13.1 Å². The molecular weight excluding hydrogens is 231 g/mol. The zero-order valence-electron chi connectivity index (χ0n) is 8.76. The molecular formula is C11H16Cl2N2. The molecule has 0 saturated heterocycles. The Morgan fingerprint density at radius 2 is 2.13 bits per heavy atom. The molecule has 0 amide bonds. The molecule has 0 aliphatic carbocycles. The third-order valence-corrected chi connectivity index (χ3v) is 2.79. The lowest BCUT2D eigenvalue weighted by molar-refractivity contribution is 0.540. The number of halogens is 2. The predicted molar refractivity (Wildman–Crippen MR) is 66.6 cm³/mol. The van der Waals surface area contributed by atoms with Gasteiger partial charge in [0, 0.05) is 22.6 Å². The van der Waals surface area contributed by atoms with Gasteiger partial charge in [-0.15, -0.1) is 0 Å². The number of hydrogen-bond donors (Lipinski definition) is 2. The van der Waals surface area contributed by atoms with E-state index in [4.69, 9.17) is 28.9 Å². The predicted octanol–water partition coefficient (Wildman–Crippen LogP) is 2.99. The third kappa shape index (κ3) is 3.65. The molecule has 1 aromatic carbocycles. The van der Waals surface area contributed by atoms with Crippen molar-refractivity contribution in [3.8, 4) is 0 Å². The zero-order valence-corrected chi connectivity index (χ0v) is 10.3. The summed E-state index contributed by atoms with van der Waals surface area (Å²) < 4.78 is 0. The number of nitrogens with two attached hydrogens (primary N) is 1. The molecule has 0 radical (unpaired) electrons. The molecule has 0 heterocycles. The van der Waals surface area contributed by atoms with Crippen LogP contribution < -0.4 is 11.1 Å². The second kappa shape index (κ2) is 6.33. The Labute approximate surface area is 101 Å². The summed E-state index contributed by atoms with van der Waals surface area (Å²) in [6, 6.07) is 5.52. The van der Waals surface area contributed by atoms with Crippen LogP contribution >= 0.6 is 23.2 Å². The van der Waals surface area contributed by atoms with E-state index < -0.39 is 0 Å². The quantitative estimate of drug-likeness (QED) is 0.839. The number of rotatable bonds is 5. The maximum atomic E-state index is 6.09. The lowest BCUT2D eigenvalue weighted by Gasteiger charge is -2.18. The molecule has 1 atom stereocenters. The van der Waals surface area contributed by atoms with Crippen molar-refractivity contribution < 1.29 is 0 Å². The number of hydrogen-bond acceptors (Lipinski definition) is 2. The standard InChI is InChI=1S/C11H16Cl2N2/c1-2-5-15-11(7-14)9-6-8(12)3-4-10(9)13/h3-4,6,11,15H,2,5,7,14H2,1H3. The molecule has 0 bridgehead atoms. The van der Waals surface area contributed by atoms with Crippen LogP contribution in [-0.4, -0.2) is 13.1 Å². The molecule has 0 aliphatic rings. The summed E-state index contributed by atoms with van der Waals surface area (Å²) in [7, 11) is 0. The van der Waals surface area contributed by atoms with Crippen molar-refractivity contribution in [1.29, 1.82) is 0 Å². The van der Waals surface area contributed by atoms with Crippen molar-refractivity contribution in [2.24, 2.45) is 5.73 Å². The van der Waals surface area contributed by atoms with Gasteiger partial charge < -0.3 is 11.1 Å². The van der Waals surface area contributed by atoms with Gasteiger partial charge in [0.05, 0.1) is 0 Å². The Balaban J connectivity index is 2.85. The Hall–Kier alpha value is -0.280. The monoisotopic (exact) mass is 246 g/mol. The van der Waals surface area contributed by atoms with E-state index >= 15 is 0 Å². The summed E-state index contributed by atoms with van der Waals surface area (Å²) in [5.74, 6) is 0. The van der Waals surface area contributed by atoms with Gasteiger partial charge in [0.2, 0.25) is 0 Å². The van der Waals surface area contributed by atoms with Crippen molar-refractivity contribution in [3.05, 3.63) is 33.8 Å². The lowest BCUT2D eigenvalue weighted by Crippen LogP contribution is -2.29. The smallest absolute Gasteiger partial charge is 0.0459 e. The summed E-state index contributed by atoms with van der Waals surface area (Å²) in [5, 5.41) is 4.73. The first-order chi connectivity index (χ1) is 7.19. The van der Waals surface area contributed by atoms with Crippen LogP contribution in [0.3, 0.4) is 0 Å². The normalized spacial score (nSPS) is 12.8. The van der Waals surface area contributed by atoms with Crippen LogP contribution in [0.1, 0.15) is 24.9 Å². The maximum Gasteiger partial charge on any atom is 0.0459 e. The van der Waals surface area contributed by atoms with Crippen LogP contribution in [-0.2, 0) is 0 Å². The van der Waals surface area contributed by atoms with Gasteiger partial charge in [-0.3, -0.25) is 0 Å². The van der Waals surface area contributed by atoms with E-state index in [2.05, 4.69) is 12.2 Å². The minimum Gasteiger partial charge on any atom is -0.329 e. The van der Waals surface area contributed by atoms with E-state index in [1.807, 2.05) is 6.07 Å². The zero-order chi connectivity index (χ0) is 11.3. The summed E-state index contributed by atoms with van der Waals surface area (Å²) in [6.07, 6.45) is 1.06. The van der Waals surface area contributed by atoms with E-state index in [0.717, 1.165) is 18.5 Å². The summed E-state index contributed by atoms with van der Waals surface area (Å²) >= 11 is 12.0. The van der Waals surface area contributed by atoms with Crippen molar-refractivity contribution in [3.63, 3.8) is 0 Å². The molecule has 0 fully saturated rings. The third-order valence-electron chi connectivity index (χ3n) is 2.21. The minimum absolute atomic E-state index is 0.0798. The molecule has 15 heavy (non-hydrogen) atoms. The topological polar surface area (TPSA) is 38.0 Å². The number of benzene rings is 1. The Morgan fingerprint density at radius 3 is 2.73 bits per heavy atom. The molecule has 4 heteroatoms. The van der Waals surface area contributed by atoms with Crippen molar-refractivity contribution in [1.82, 2.24) is 5.32 Å². The van der Waals surface area contributed by atoms with Crippen LogP contribution in [0, 0.1) is 0 Å². The first kappa shape index (κ1) is 12.8. The highest BCUT2D eigenvalue weighted by Gasteiger charge is 2.12. The largest absolute Gasteiger partial charge is 0.329 e. The van der Waals surface area contributed by atoms with Gasteiger partial charge in [-0.25, -0.2) is 0 Å². The molecule has 0 aromatic heterocycles. The number of nitrogens with one attached hydrogen (secondary N) is 1. The molecule has 1 rings (SSSR count). The van der Waals surface area contributed by atoms with E-state index in [9.17, 15) is 0 Å². The Kier molecular flexibility index (Phi) is 5.40. The second-order valence-electron chi connectivity index (χ2n) is 3.41. The molecule has 0 aliphatic heterocycles. The highest BCUT2D eigenvalue weighted by molar-refractivity contribution is 6.33. The first-order valence-corrected chi connectivity index (χ1v) is 5.83.